The van der Waals surface area contributed by atoms with E-state index in [-0.39, 0.29) is 0 Å². The fourth-order valence-electron chi connectivity index (χ4n) is 2.37. The summed E-state index contributed by atoms with van der Waals surface area (Å²) in [7, 11) is -1.31. The molecule has 1 aliphatic rings. The molecule has 0 aliphatic carbocycles. The minimum absolute atomic E-state index is 0.298. The molecular weight excluding hydrogens is 329 g/mol. The monoisotopic (exact) mass is 341 g/mol. The first-order chi connectivity index (χ1) is 10.0. The van der Waals surface area contributed by atoms with Crippen LogP contribution in [0.5, 0.6) is 5.75 Å². The molecule has 6 heteroatoms. The molecule has 3 nitrogen and oxygen atoms in total. The summed E-state index contributed by atoms with van der Waals surface area (Å²) in [6, 6.07) is 8.67. The summed E-state index contributed by atoms with van der Waals surface area (Å²) in [4.78, 5) is 0.531. The van der Waals surface area contributed by atoms with Gasteiger partial charge in [-0.25, -0.2) is 0 Å². The fraction of sp³-hybridized carbons (Fsp3) is 0.200. The first-order valence-corrected chi connectivity index (χ1v) is 8.49. The molecule has 0 radical (unpaired) electrons. The zero-order valence-corrected chi connectivity index (χ0v) is 13.4. The molecule has 1 atom stereocenters. The van der Waals surface area contributed by atoms with Crippen LogP contribution in [0.15, 0.2) is 35.2 Å². The summed E-state index contributed by atoms with van der Waals surface area (Å²) in [5.74, 6) is 1.10. The third kappa shape index (κ3) is 3.03. The normalized spacial score (nSPS) is 14.6. The third-order valence-electron chi connectivity index (χ3n) is 3.31. The lowest BCUT2D eigenvalue weighted by Crippen LogP contribution is -2.01. The lowest BCUT2D eigenvalue weighted by Gasteiger charge is -2.10. The van der Waals surface area contributed by atoms with Crippen molar-refractivity contribution in [3.63, 3.8) is 0 Å². The molecular formula is C15H13Cl2NO2S. The van der Waals surface area contributed by atoms with Gasteiger partial charge in [-0.15, -0.1) is 0 Å². The summed E-state index contributed by atoms with van der Waals surface area (Å²) in [5, 5.41) is 1.08. The Labute approximate surface area is 135 Å². The van der Waals surface area contributed by atoms with Gasteiger partial charge in [0.15, 0.2) is 0 Å². The van der Waals surface area contributed by atoms with Crippen LogP contribution in [-0.4, -0.2) is 10.8 Å². The van der Waals surface area contributed by atoms with E-state index in [9.17, 15) is 4.21 Å². The van der Waals surface area contributed by atoms with Crippen molar-refractivity contribution in [1.82, 2.24) is 0 Å². The molecule has 1 heterocycles. The van der Waals surface area contributed by atoms with Gasteiger partial charge in [-0.05, 0) is 35.9 Å². The Bertz CT molecular complexity index is 734. The van der Waals surface area contributed by atoms with Crippen molar-refractivity contribution in [3.05, 3.63) is 51.5 Å². The Morgan fingerprint density at radius 3 is 2.86 bits per heavy atom. The minimum atomic E-state index is -1.31. The molecule has 110 valence electrons. The van der Waals surface area contributed by atoms with E-state index < -0.39 is 10.8 Å². The molecule has 2 aromatic rings. The molecule has 1 aliphatic heterocycles. The number of nitrogens with two attached hydrogens (primary N) is 1. The Balaban J connectivity index is 1.94. The largest absolute Gasteiger partial charge is 0.493 e. The van der Waals surface area contributed by atoms with Gasteiger partial charge < -0.3 is 10.5 Å². The highest BCUT2D eigenvalue weighted by Crippen LogP contribution is 2.35. The van der Waals surface area contributed by atoms with Crippen LogP contribution in [0.1, 0.15) is 11.1 Å². The number of halogens is 2. The first kappa shape index (κ1) is 14.7. The zero-order chi connectivity index (χ0) is 15.0. The van der Waals surface area contributed by atoms with E-state index in [4.69, 9.17) is 33.7 Å². The lowest BCUT2D eigenvalue weighted by atomic mass is 10.1. The van der Waals surface area contributed by atoms with Crippen LogP contribution in [0, 0.1) is 0 Å². The molecule has 0 aromatic heterocycles. The Morgan fingerprint density at radius 1 is 1.24 bits per heavy atom. The van der Waals surface area contributed by atoms with E-state index in [0.717, 1.165) is 23.3 Å². The van der Waals surface area contributed by atoms with E-state index in [0.29, 0.717) is 33.0 Å². The standard InChI is InChI=1S/C15H13Cl2NO2S/c16-11-5-9-3-4-20-15(9)10(6-11)8-21(19)14-7-12(18)1-2-13(14)17/h1-2,5-7H,3-4,8,18H2. The van der Waals surface area contributed by atoms with Crippen LogP contribution in [0.25, 0.3) is 0 Å². The minimum Gasteiger partial charge on any atom is -0.493 e. The van der Waals surface area contributed by atoms with Crippen molar-refractivity contribution in [2.75, 3.05) is 12.3 Å². The Kier molecular flexibility index (Phi) is 4.11. The van der Waals surface area contributed by atoms with E-state index in [1.54, 1.807) is 24.3 Å². The highest BCUT2D eigenvalue weighted by Gasteiger charge is 2.20. The number of ether oxygens (including phenoxy) is 1. The number of hydrogen-bond donors (Lipinski definition) is 1. The number of rotatable bonds is 3. The van der Waals surface area contributed by atoms with E-state index in [1.165, 1.54) is 0 Å². The average Bonchev–Trinajstić information content (AvgIpc) is 2.89. The van der Waals surface area contributed by atoms with Gasteiger partial charge in [0.05, 0.1) is 33.1 Å². The molecule has 2 N–H and O–H groups in total. The summed E-state index contributed by atoms with van der Waals surface area (Å²) in [6.45, 7) is 0.633. The maximum absolute atomic E-state index is 12.6. The van der Waals surface area contributed by atoms with E-state index >= 15 is 0 Å². The second-order valence-corrected chi connectivity index (χ2v) is 7.09. The second-order valence-electron chi connectivity index (χ2n) is 4.83. The molecule has 0 saturated carbocycles. The van der Waals surface area contributed by atoms with Gasteiger partial charge in [0, 0.05) is 22.7 Å². The maximum Gasteiger partial charge on any atom is 0.126 e. The summed E-state index contributed by atoms with van der Waals surface area (Å²) in [6.07, 6.45) is 0.828. The maximum atomic E-state index is 12.6. The van der Waals surface area contributed by atoms with Crippen molar-refractivity contribution in [2.24, 2.45) is 0 Å². The Hall–Kier alpha value is -1.23. The summed E-state index contributed by atoms with van der Waals surface area (Å²) >= 11 is 12.2. The van der Waals surface area contributed by atoms with Crippen molar-refractivity contribution < 1.29 is 8.95 Å². The van der Waals surface area contributed by atoms with Crippen molar-refractivity contribution in [3.8, 4) is 5.75 Å². The molecule has 0 fully saturated rings. The predicted molar refractivity (Wildman–Crippen MR) is 86.6 cm³/mol. The number of benzene rings is 2. The molecule has 2 aromatic carbocycles. The molecule has 0 spiro atoms. The van der Waals surface area contributed by atoms with Gasteiger partial charge in [-0.3, -0.25) is 4.21 Å². The van der Waals surface area contributed by atoms with Crippen molar-refractivity contribution >= 4 is 39.7 Å². The molecule has 21 heavy (non-hydrogen) atoms. The number of hydrogen-bond acceptors (Lipinski definition) is 3. The third-order valence-corrected chi connectivity index (χ3v) is 5.37. The van der Waals surface area contributed by atoms with Crippen LogP contribution in [0.3, 0.4) is 0 Å². The fourth-order valence-corrected chi connectivity index (χ4v) is 4.21. The topological polar surface area (TPSA) is 52.3 Å². The molecule has 1 unspecified atom stereocenters. The van der Waals surface area contributed by atoms with Crippen LogP contribution >= 0.6 is 23.2 Å². The van der Waals surface area contributed by atoms with E-state index in [2.05, 4.69) is 0 Å². The highest BCUT2D eigenvalue weighted by molar-refractivity contribution is 7.84. The lowest BCUT2D eigenvalue weighted by molar-refractivity contribution is 0.354. The van der Waals surface area contributed by atoms with Crippen molar-refractivity contribution in [2.45, 2.75) is 17.1 Å². The Morgan fingerprint density at radius 2 is 2.05 bits per heavy atom. The quantitative estimate of drug-likeness (QED) is 0.863. The zero-order valence-electron chi connectivity index (χ0n) is 11.1. The van der Waals surface area contributed by atoms with Gasteiger partial charge in [0.2, 0.25) is 0 Å². The van der Waals surface area contributed by atoms with Gasteiger partial charge in [0.25, 0.3) is 0 Å². The number of anilines is 1. The van der Waals surface area contributed by atoms with Crippen LogP contribution in [0.4, 0.5) is 5.69 Å². The molecule has 3 rings (SSSR count). The molecule has 0 bridgehead atoms. The van der Waals surface area contributed by atoms with Gasteiger partial charge in [0.1, 0.15) is 5.75 Å². The van der Waals surface area contributed by atoms with Crippen LogP contribution in [-0.2, 0) is 23.0 Å². The van der Waals surface area contributed by atoms with Gasteiger partial charge in [-0.2, -0.15) is 0 Å². The molecule has 0 amide bonds. The van der Waals surface area contributed by atoms with Crippen LogP contribution in [0.2, 0.25) is 10.0 Å². The van der Waals surface area contributed by atoms with Crippen molar-refractivity contribution in [1.29, 1.82) is 0 Å². The average molecular weight is 342 g/mol. The first-order valence-electron chi connectivity index (χ1n) is 6.42. The van der Waals surface area contributed by atoms with Crippen LogP contribution < -0.4 is 10.5 Å². The SMILES string of the molecule is Nc1ccc(Cl)c(S(=O)Cc2cc(Cl)cc3c2OCC3)c1. The van der Waals surface area contributed by atoms with E-state index in [1.807, 2.05) is 6.07 Å². The summed E-state index contributed by atoms with van der Waals surface area (Å²) in [5.41, 5.74) is 8.17. The predicted octanol–water partition coefficient (Wildman–Crippen LogP) is 3.82. The smallest absolute Gasteiger partial charge is 0.126 e. The number of nitrogen functional groups attached to an aromatic ring is 1. The van der Waals surface area contributed by atoms with Gasteiger partial charge in [-0.1, -0.05) is 23.2 Å². The van der Waals surface area contributed by atoms with Gasteiger partial charge >= 0.3 is 0 Å². The molecule has 0 saturated heterocycles. The number of fused-ring (bicyclic) bond motifs is 1. The second kappa shape index (κ2) is 5.87. The summed E-state index contributed by atoms with van der Waals surface area (Å²) < 4.78 is 18.2. The highest BCUT2D eigenvalue weighted by atomic mass is 35.5.